The van der Waals surface area contributed by atoms with Crippen molar-refractivity contribution in [3.05, 3.63) is 22.2 Å². The lowest BCUT2D eigenvalue weighted by Crippen LogP contribution is -1.98. The Labute approximate surface area is 97.2 Å². The van der Waals surface area contributed by atoms with E-state index >= 15 is 0 Å². The second-order valence-electron chi connectivity index (χ2n) is 3.21. The van der Waals surface area contributed by atoms with Gasteiger partial charge in [0.2, 0.25) is 0 Å². The number of phenolic OH excluding ortho intramolecular Hbond substituents is 1. The van der Waals surface area contributed by atoms with Gasteiger partial charge in [0.25, 0.3) is 0 Å². The monoisotopic (exact) mass is 272 g/mol. The Morgan fingerprint density at radius 1 is 1.60 bits per heavy atom. The first-order valence-electron chi connectivity index (χ1n) is 4.70. The zero-order chi connectivity index (χ0) is 11.4. The second-order valence-corrected chi connectivity index (χ2v) is 4.06. The third-order valence-electron chi connectivity index (χ3n) is 2.08. The summed E-state index contributed by atoms with van der Waals surface area (Å²) < 4.78 is 5.80. The molecule has 0 heterocycles. The molecule has 0 aliphatic carbocycles. The van der Waals surface area contributed by atoms with Gasteiger partial charge in [-0.2, -0.15) is 0 Å². The van der Waals surface area contributed by atoms with Crippen molar-refractivity contribution in [2.45, 2.75) is 19.8 Å². The van der Waals surface area contributed by atoms with Crippen LogP contribution in [0.3, 0.4) is 0 Å². The number of benzene rings is 1. The van der Waals surface area contributed by atoms with Gasteiger partial charge < -0.3 is 14.6 Å². The molecule has 1 rings (SSSR count). The molecule has 0 amide bonds. The van der Waals surface area contributed by atoms with Gasteiger partial charge in [0, 0.05) is 5.92 Å². The molecule has 1 aromatic carbocycles. The molecule has 15 heavy (non-hydrogen) atoms. The van der Waals surface area contributed by atoms with Gasteiger partial charge in [-0.05, 0) is 40.5 Å². The lowest BCUT2D eigenvalue weighted by molar-refractivity contribution is -0.108. The van der Waals surface area contributed by atoms with E-state index in [1.165, 1.54) is 0 Å². The van der Waals surface area contributed by atoms with Crippen LogP contribution < -0.4 is 4.74 Å². The van der Waals surface area contributed by atoms with Crippen LogP contribution >= 0.6 is 15.9 Å². The van der Waals surface area contributed by atoms with Crippen LogP contribution in [0.4, 0.5) is 0 Å². The number of halogens is 1. The highest BCUT2D eigenvalue weighted by atomic mass is 79.9. The maximum Gasteiger partial charge on any atom is 0.172 e. The minimum absolute atomic E-state index is 0.0682. The molecule has 0 fully saturated rings. The summed E-state index contributed by atoms with van der Waals surface area (Å²) in [5.41, 5.74) is 0.818. The molecular weight excluding hydrogens is 260 g/mol. The number of carbonyl (C=O) groups is 1. The van der Waals surface area contributed by atoms with E-state index in [1.54, 1.807) is 19.1 Å². The fourth-order valence-electron chi connectivity index (χ4n) is 1.20. The lowest BCUT2D eigenvalue weighted by Gasteiger charge is -2.11. The van der Waals surface area contributed by atoms with E-state index in [1.807, 2.05) is 6.92 Å². The molecule has 0 aliphatic heterocycles. The van der Waals surface area contributed by atoms with E-state index < -0.39 is 0 Å². The normalized spacial score (nSPS) is 12.2. The highest BCUT2D eigenvalue weighted by Gasteiger charge is 2.12. The molecule has 0 radical (unpaired) electrons. The first-order valence-corrected chi connectivity index (χ1v) is 5.50. The predicted molar refractivity (Wildman–Crippen MR) is 61.5 cm³/mol. The maximum absolute atomic E-state index is 10.7. The second kappa shape index (κ2) is 5.16. The van der Waals surface area contributed by atoms with Gasteiger partial charge in [0.15, 0.2) is 11.5 Å². The first kappa shape index (κ1) is 12.0. The number of carbonyl (C=O) groups excluding carboxylic acids is 1. The SMILES string of the molecule is CCOc1cc(C(C)C=O)cc(Br)c1O. The summed E-state index contributed by atoms with van der Waals surface area (Å²) >= 11 is 3.22. The summed E-state index contributed by atoms with van der Waals surface area (Å²) in [4.78, 5) is 10.7. The number of ether oxygens (including phenoxy) is 1. The van der Waals surface area contributed by atoms with E-state index in [0.29, 0.717) is 16.8 Å². The molecule has 4 heteroatoms. The number of hydrogen-bond acceptors (Lipinski definition) is 3. The zero-order valence-electron chi connectivity index (χ0n) is 8.66. The van der Waals surface area contributed by atoms with E-state index in [4.69, 9.17) is 4.74 Å². The largest absolute Gasteiger partial charge is 0.503 e. The lowest BCUT2D eigenvalue weighted by atomic mass is 10.0. The molecule has 82 valence electrons. The van der Waals surface area contributed by atoms with Crippen LogP contribution in [-0.2, 0) is 4.79 Å². The van der Waals surface area contributed by atoms with Crippen molar-refractivity contribution in [3.8, 4) is 11.5 Å². The number of rotatable bonds is 4. The molecule has 0 saturated heterocycles. The Hall–Kier alpha value is -1.03. The van der Waals surface area contributed by atoms with E-state index in [0.717, 1.165) is 11.8 Å². The molecule has 1 aromatic rings. The van der Waals surface area contributed by atoms with E-state index in [9.17, 15) is 9.90 Å². The van der Waals surface area contributed by atoms with Gasteiger partial charge in [-0.25, -0.2) is 0 Å². The molecule has 1 N–H and O–H groups in total. The zero-order valence-corrected chi connectivity index (χ0v) is 10.2. The fraction of sp³-hybridized carbons (Fsp3) is 0.364. The molecule has 3 nitrogen and oxygen atoms in total. The highest BCUT2D eigenvalue weighted by Crippen LogP contribution is 2.37. The van der Waals surface area contributed by atoms with Crippen LogP contribution in [0.25, 0.3) is 0 Å². The first-order chi connectivity index (χ1) is 7.10. The summed E-state index contributed by atoms with van der Waals surface area (Å²) in [7, 11) is 0. The van der Waals surface area contributed by atoms with Gasteiger partial charge in [-0.3, -0.25) is 0 Å². The van der Waals surface area contributed by atoms with Crippen LogP contribution in [0.2, 0.25) is 0 Å². The third-order valence-corrected chi connectivity index (χ3v) is 2.69. The Bertz CT molecular complexity index is 363. The van der Waals surface area contributed by atoms with Gasteiger partial charge in [-0.15, -0.1) is 0 Å². The van der Waals surface area contributed by atoms with Crippen molar-refractivity contribution < 1.29 is 14.6 Å². The predicted octanol–water partition coefficient (Wildman–Crippen LogP) is 2.86. The van der Waals surface area contributed by atoms with Crippen molar-refractivity contribution in [2.75, 3.05) is 6.61 Å². The molecule has 0 bridgehead atoms. The highest BCUT2D eigenvalue weighted by molar-refractivity contribution is 9.10. The van der Waals surface area contributed by atoms with Crippen LogP contribution in [0, 0.1) is 0 Å². The molecule has 0 spiro atoms. The van der Waals surface area contributed by atoms with Crippen LogP contribution in [0.5, 0.6) is 11.5 Å². The quantitative estimate of drug-likeness (QED) is 0.858. The Balaban J connectivity index is 3.16. The summed E-state index contributed by atoms with van der Waals surface area (Å²) in [5, 5.41) is 9.65. The van der Waals surface area contributed by atoms with Gasteiger partial charge in [0.05, 0.1) is 11.1 Å². The number of aromatic hydroxyl groups is 1. The summed E-state index contributed by atoms with van der Waals surface area (Å²) in [5.74, 6) is 0.260. The number of aldehydes is 1. The van der Waals surface area contributed by atoms with Crippen LogP contribution in [-0.4, -0.2) is 18.0 Å². The molecule has 1 atom stereocenters. The van der Waals surface area contributed by atoms with E-state index in [-0.39, 0.29) is 11.7 Å². The minimum Gasteiger partial charge on any atom is -0.503 e. The van der Waals surface area contributed by atoms with Gasteiger partial charge >= 0.3 is 0 Å². The Kier molecular flexibility index (Phi) is 4.15. The number of hydrogen-bond donors (Lipinski definition) is 1. The van der Waals surface area contributed by atoms with E-state index in [2.05, 4.69) is 15.9 Å². The smallest absolute Gasteiger partial charge is 0.172 e. The fourth-order valence-corrected chi connectivity index (χ4v) is 1.66. The van der Waals surface area contributed by atoms with Gasteiger partial charge in [0.1, 0.15) is 6.29 Å². The maximum atomic E-state index is 10.7. The summed E-state index contributed by atoms with van der Waals surface area (Å²) in [6.45, 7) is 4.10. The average molecular weight is 273 g/mol. The standard InChI is InChI=1S/C11H13BrO3/c1-3-15-10-5-8(7(2)6-13)4-9(12)11(10)14/h4-7,14H,3H2,1-2H3. The minimum atomic E-state index is -0.207. The molecule has 0 saturated carbocycles. The van der Waals surface area contributed by atoms with Crippen molar-refractivity contribution in [2.24, 2.45) is 0 Å². The Morgan fingerprint density at radius 2 is 2.27 bits per heavy atom. The Morgan fingerprint density at radius 3 is 2.80 bits per heavy atom. The summed E-state index contributed by atoms with van der Waals surface area (Å²) in [6.07, 6.45) is 0.856. The molecule has 0 aliphatic rings. The molecule has 1 unspecified atom stereocenters. The van der Waals surface area contributed by atoms with Crippen LogP contribution in [0.15, 0.2) is 16.6 Å². The average Bonchev–Trinajstić information content (AvgIpc) is 2.23. The number of phenols is 1. The van der Waals surface area contributed by atoms with Crippen molar-refractivity contribution in [3.63, 3.8) is 0 Å². The topological polar surface area (TPSA) is 46.5 Å². The van der Waals surface area contributed by atoms with Crippen molar-refractivity contribution >= 4 is 22.2 Å². The van der Waals surface area contributed by atoms with Crippen LogP contribution in [0.1, 0.15) is 25.3 Å². The molecular formula is C11H13BrO3. The van der Waals surface area contributed by atoms with Gasteiger partial charge in [-0.1, -0.05) is 6.92 Å². The third kappa shape index (κ3) is 2.72. The van der Waals surface area contributed by atoms with Crippen molar-refractivity contribution in [1.82, 2.24) is 0 Å². The van der Waals surface area contributed by atoms with Crippen molar-refractivity contribution in [1.29, 1.82) is 0 Å². The summed E-state index contributed by atoms with van der Waals surface area (Å²) in [6, 6.07) is 3.40. The molecule has 0 aromatic heterocycles.